The molecule has 0 aliphatic rings. The zero-order valence-electron chi connectivity index (χ0n) is 12.2. The summed E-state index contributed by atoms with van der Waals surface area (Å²) in [5, 5.41) is 3.38. The fraction of sp³-hybridized carbons (Fsp3) is 0.118. The molecule has 1 N–H and O–H groups in total. The topological polar surface area (TPSA) is 59.1 Å². The summed E-state index contributed by atoms with van der Waals surface area (Å²) in [5.74, 6) is -0.250. The van der Waals surface area contributed by atoms with Gasteiger partial charge in [0.05, 0.1) is 10.2 Å². The maximum Gasteiger partial charge on any atom is 0.257 e. The predicted octanol–water partition coefficient (Wildman–Crippen LogP) is 4.06. The smallest absolute Gasteiger partial charge is 0.257 e. The van der Waals surface area contributed by atoms with Crippen LogP contribution in [0.15, 0.2) is 42.5 Å². The van der Waals surface area contributed by atoms with Crippen molar-refractivity contribution in [3.8, 4) is 0 Å². The number of carbonyl (C=O) groups excluding carboxylic acids is 2. The number of hydrogen-bond acceptors (Lipinski definition) is 4. The summed E-state index contributed by atoms with van der Waals surface area (Å²) in [7, 11) is 0. The van der Waals surface area contributed by atoms with E-state index in [2.05, 4.69) is 10.3 Å². The van der Waals surface area contributed by atoms with Crippen LogP contribution in [0, 0.1) is 6.92 Å². The number of para-hydroxylation sites is 1. The van der Waals surface area contributed by atoms with Crippen molar-refractivity contribution in [1.82, 2.24) is 4.98 Å². The van der Waals surface area contributed by atoms with Gasteiger partial charge < -0.3 is 0 Å². The first-order valence-electron chi connectivity index (χ1n) is 6.83. The first kappa shape index (κ1) is 14.4. The fourth-order valence-corrected chi connectivity index (χ4v) is 3.10. The molecule has 1 amide bonds. The van der Waals surface area contributed by atoms with Crippen molar-refractivity contribution in [1.29, 1.82) is 0 Å². The average Bonchev–Trinajstić information content (AvgIpc) is 2.91. The Morgan fingerprint density at radius 1 is 1.05 bits per heavy atom. The van der Waals surface area contributed by atoms with Gasteiger partial charge in [-0.05, 0) is 37.6 Å². The number of thiazole rings is 1. The van der Waals surface area contributed by atoms with E-state index in [1.54, 1.807) is 24.3 Å². The van der Waals surface area contributed by atoms with E-state index in [4.69, 9.17) is 0 Å². The zero-order chi connectivity index (χ0) is 15.7. The number of hydrogen-bond donors (Lipinski definition) is 1. The maximum atomic E-state index is 12.2. The summed E-state index contributed by atoms with van der Waals surface area (Å²) in [6.45, 7) is 3.49. The Morgan fingerprint density at radius 3 is 2.36 bits per heavy atom. The summed E-state index contributed by atoms with van der Waals surface area (Å²) in [5.41, 5.74) is 3.09. The molecular weight excluding hydrogens is 296 g/mol. The normalized spacial score (nSPS) is 10.6. The van der Waals surface area contributed by atoms with E-state index in [-0.39, 0.29) is 11.7 Å². The van der Waals surface area contributed by atoms with Crippen LogP contribution in [0.4, 0.5) is 5.13 Å². The molecule has 110 valence electrons. The Kier molecular flexibility index (Phi) is 3.73. The number of fused-ring (bicyclic) bond motifs is 1. The highest BCUT2D eigenvalue weighted by Gasteiger charge is 2.11. The number of ketones is 1. The van der Waals surface area contributed by atoms with Crippen LogP contribution < -0.4 is 5.32 Å². The number of amides is 1. The number of rotatable bonds is 3. The third kappa shape index (κ3) is 2.76. The lowest BCUT2D eigenvalue weighted by Gasteiger charge is -2.02. The molecule has 1 heterocycles. The van der Waals surface area contributed by atoms with Crippen molar-refractivity contribution >= 4 is 38.4 Å². The second-order valence-corrected chi connectivity index (χ2v) is 6.06. The number of carbonyl (C=O) groups is 2. The van der Waals surface area contributed by atoms with Crippen LogP contribution in [-0.4, -0.2) is 16.7 Å². The molecule has 0 saturated heterocycles. The van der Waals surface area contributed by atoms with E-state index in [1.165, 1.54) is 18.3 Å². The van der Waals surface area contributed by atoms with Crippen LogP contribution in [0.1, 0.15) is 33.2 Å². The minimum Gasteiger partial charge on any atom is -0.298 e. The van der Waals surface area contributed by atoms with E-state index in [1.807, 2.05) is 25.1 Å². The van der Waals surface area contributed by atoms with Gasteiger partial charge in [0.1, 0.15) is 0 Å². The van der Waals surface area contributed by atoms with E-state index in [0.717, 1.165) is 15.8 Å². The molecule has 4 nitrogen and oxygen atoms in total. The molecule has 0 fully saturated rings. The molecular formula is C17H14N2O2S. The van der Waals surface area contributed by atoms with Crippen molar-refractivity contribution < 1.29 is 9.59 Å². The summed E-state index contributed by atoms with van der Waals surface area (Å²) in [6, 6.07) is 12.5. The molecule has 0 aliphatic carbocycles. The lowest BCUT2D eigenvalue weighted by Crippen LogP contribution is -2.11. The largest absolute Gasteiger partial charge is 0.298 e. The van der Waals surface area contributed by atoms with Crippen molar-refractivity contribution in [2.45, 2.75) is 13.8 Å². The Bertz CT molecular complexity index is 866. The molecule has 0 saturated carbocycles. The SMILES string of the molecule is CC(=O)c1ccc(C(=O)Nc2nc3c(C)cccc3s2)cc1. The second-order valence-electron chi connectivity index (χ2n) is 5.03. The van der Waals surface area contributed by atoms with Gasteiger partial charge in [0.15, 0.2) is 10.9 Å². The minimum absolute atomic E-state index is 0.0198. The predicted molar refractivity (Wildman–Crippen MR) is 88.8 cm³/mol. The summed E-state index contributed by atoms with van der Waals surface area (Å²) < 4.78 is 1.04. The number of aryl methyl sites for hydroxylation is 1. The van der Waals surface area contributed by atoms with Gasteiger partial charge in [0, 0.05) is 11.1 Å². The molecule has 3 rings (SSSR count). The third-order valence-corrected chi connectivity index (χ3v) is 4.33. The number of aromatic nitrogens is 1. The molecule has 1 aromatic heterocycles. The molecule has 0 bridgehead atoms. The average molecular weight is 310 g/mol. The Hall–Kier alpha value is -2.53. The van der Waals surface area contributed by atoms with Gasteiger partial charge in [0.2, 0.25) is 0 Å². The Labute approximate surface area is 131 Å². The molecule has 2 aromatic carbocycles. The molecule has 3 aromatic rings. The van der Waals surface area contributed by atoms with E-state index < -0.39 is 0 Å². The lowest BCUT2D eigenvalue weighted by molar-refractivity contribution is 0.101. The van der Waals surface area contributed by atoms with Gasteiger partial charge in [-0.1, -0.05) is 35.6 Å². The number of nitrogens with one attached hydrogen (secondary N) is 1. The fourth-order valence-electron chi connectivity index (χ4n) is 2.17. The van der Waals surface area contributed by atoms with Crippen LogP contribution in [0.2, 0.25) is 0 Å². The monoisotopic (exact) mass is 310 g/mol. The van der Waals surface area contributed by atoms with E-state index in [0.29, 0.717) is 16.3 Å². The van der Waals surface area contributed by atoms with Crippen molar-refractivity contribution in [2.24, 2.45) is 0 Å². The van der Waals surface area contributed by atoms with Gasteiger partial charge in [0.25, 0.3) is 5.91 Å². The molecule has 0 radical (unpaired) electrons. The number of nitrogens with zero attached hydrogens (tertiary/aromatic N) is 1. The highest BCUT2D eigenvalue weighted by Crippen LogP contribution is 2.28. The van der Waals surface area contributed by atoms with Crippen molar-refractivity contribution in [3.63, 3.8) is 0 Å². The van der Waals surface area contributed by atoms with Crippen LogP contribution in [0.5, 0.6) is 0 Å². The minimum atomic E-state index is -0.230. The zero-order valence-corrected chi connectivity index (χ0v) is 13.0. The first-order valence-corrected chi connectivity index (χ1v) is 7.65. The van der Waals surface area contributed by atoms with Gasteiger partial charge >= 0.3 is 0 Å². The van der Waals surface area contributed by atoms with Crippen LogP contribution in [-0.2, 0) is 0 Å². The summed E-state index contributed by atoms with van der Waals surface area (Å²) in [4.78, 5) is 27.9. The van der Waals surface area contributed by atoms with Gasteiger partial charge in [-0.15, -0.1) is 0 Å². The molecule has 22 heavy (non-hydrogen) atoms. The summed E-state index contributed by atoms with van der Waals surface area (Å²) >= 11 is 1.45. The van der Waals surface area contributed by atoms with Crippen LogP contribution in [0.25, 0.3) is 10.2 Å². The molecule has 5 heteroatoms. The quantitative estimate of drug-likeness (QED) is 0.742. The van der Waals surface area contributed by atoms with Gasteiger partial charge in [-0.2, -0.15) is 0 Å². The first-order chi connectivity index (χ1) is 10.5. The Morgan fingerprint density at radius 2 is 1.73 bits per heavy atom. The van der Waals surface area contributed by atoms with Gasteiger partial charge in [-0.25, -0.2) is 4.98 Å². The van der Waals surface area contributed by atoms with Crippen molar-refractivity contribution in [2.75, 3.05) is 5.32 Å². The second kappa shape index (κ2) is 5.69. The molecule has 0 aliphatic heterocycles. The highest BCUT2D eigenvalue weighted by atomic mass is 32.1. The number of benzene rings is 2. The van der Waals surface area contributed by atoms with E-state index in [9.17, 15) is 9.59 Å². The number of Topliss-reactive ketones (excluding diaryl/α,β-unsaturated/α-hetero) is 1. The standard InChI is InChI=1S/C17H14N2O2S/c1-10-4-3-5-14-15(10)18-17(22-14)19-16(21)13-8-6-12(7-9-13)11(2)20/h3-9H,1-2H3,(H,18,19,21). The lowest BCUT2D eigenvalue weighted by atomic mass is 10.1. The van der Waals surface area contributed by atoms with Crippen molar-refractivity contribution in [3.05, 3.63) is 59.2 Å². The molecule has 0 spiro atoms. The van der Waals surface area contributed by atoms with Gasteiger partial charge in [-0.3, -0.25) is 14.9 Å². The molecule has 0 unspecified atom stereocenters. The third-order valence-electron chi connectivity index (χ3n) is 3.39. The molecule has 0 atom stereocenters. The summed E-state index contributed by atoms with van der Waals surface area (Å²) in [6.07, 6.45) is 0. The van der Waals surface area contributed by atoms with E-state index >= 15 is 0 Å². The Balaban J connectivity index is 1.83. The highest BCUT2D eigenvalue weighted by molar-refractivity contribution is 7.22. The van der Waals surface area contributed by atoms with Crippen LogP contribution >= 0.6 is 11.3 Å². The van der Waals surface area contributed by atoms with Crippen LogP contribution in [0.3, 0.4) is 0 Å². The maximum absolute atomic E-state index is 12.2. The number of anilines is 1.